The molecule has 2 aliphatic carbocycles. The Labute approximate surface area is 259 Å². The Balaban J connectivity index is 1.33. The van der Waals surface area contributed by atoms with Crippen LogP contribution in [0.2, 0.25) is 0 Å². The highest BCUT2D eigenvalue weighted by molar-refractivity contribution is 5.90. The maximum Gasteiger partial charge on any atom is 0.232 e. The van der Waals surface area contributed by atoms with Crippen molar-refractivity contribution < 1.29 is 0 Å². The Kier molecular flexibility index (Phi) is 10.9. The van der Waals surface area contributed by atoms with Crippen LogP contribution >= 0.6 is 0 Å². The van der Waals surface area contributed by atoms with E-state index in [4.69, 9.17) is 26.4 Å². The molecule has 2 N–H and O–H groups in total. The zero-order valence-corrected chi connectivity index (χ0v) is 26.7. The number of nitrogens with one attached hydrogen (secondary N) is 2. The van der Waals surface area contributed by atoms with Crippen LogP contribution in [0.15, 0.2) is 40.9 Å². The van der Waals surface area contributed by atoms with Crippen LogP contribution in [0, 0.1) is 29.6 Å². The number of hydrogen-bond donors (Lipinski definition) is 2. The normalized spacial score (nSPS) is 28.9. The van der Waals surface area contributed by atoms with E-state index in [0.29, 0.717) is 29.8 Å². The van der Waals surface area contributed by atoms with Gasteiger partial charge in [0.05, 0.1) is 0 Å². The summed E-state index contributed by atoms with van der Waals surface area (Å²) in [6.45, 7) is 10.3. The zero-order valence-electron chi connectivity index (χ0n) is 26.7. The minimum Gasteiger partial charge on any atom is -0.354 e. The van der Waals surface area contributed by atoms with Crippen LogP contribution in [-0.4, -0.2) is 77.9 Å². The van der Waals surface area contributed by atoms with Crippen LogP contribution in [0.5, 0.6) is 0 Å². The molecule has 5 rings (SSSR count). The van der Waals surface area contributed by atoms with Crippen LogP contribution in [0.3, 0.4) is 0 Å². The molecule has 232 valence electrons. The summed E-state index contributed by atoms with van der Waals surface area (Å²) in [6, 6.07) is 0.297. The average molecular weight is 585 g/mol. The molecule has 43 heavy (non-hydrogen) atoms. The van der Waals surface area contributed by atoms with Gasteiger partial charge in [0.2, 0.25) is 17.8 Å². The number of allylic oxidation sites excluding steroid dienone is 6. The quantitative estimate of drug-likeness (QED) is 0.281. The lowest BCUT2D eigenvalue weighted by Gasteiger charge is -2.34. The van der Waals surface area contributed by atoms with E-state index in [1.54, 1.807) is 0 Å². The van der Waals surface area contributed by atoms with Gasteiger partial charge in [0.1, 0.15) is 0 Å². The predicted octanol–water partition coefficient (Wildman–Crippen LogP) is 6.13. The SMILES string of the molecule is C#CC1=CC=CCC(CNc2nc(NC3CCC(C4(C)CC=CCCC4)=NCC(CC)C3)nc(N3CCN(C)CC3)n2)C1. The van der Waals surface area contributed by atoms with E-state index in [1.165, 1.54) is 25.0 Å². The Bertz CT molecular complexity index is 1230. The second kappa shape index (κ2) is 15.0. The Morgan fingerprint density at radius 3 is 2.72 bits per heavy atom. The number of aliphatic imine (C=N–C) groups is 1. The maximum atomic E-state index is 5.74. The maximum absolute atomic E-state index is 5.74. The molecule has 0 aromatic carbocycles. The predicted molar refractivity (Wildman–Crippen MR) is 180 cm³/mol. The molecule has 1 saturated heterocycles. The van der Waals surface area contributed by atoms with Crippen LogP contribution in [0.1, 0.15) is 78.1 Å². The molecule has 1 fully saturated rings. The number of nitrogens with zero attached hydrogens (tertiary/aromatic N) is 6. The molecule has 8 heteroatoms. The van der Waals surface area contributed by atoms with E-state index in [1.807, 2.05) is 0 Å². The summed E-state index contributed by atoms with van der Waals surface area (Å²) in [6.07, 6.45) is 27.7. The first-order chi connectivity index (χ1) is 20.9. The van der Waals surface area contributed by atoms with Crippen molar-refractivity contribution in [1.29, 1.82) is 0 Å². The largest absolute Gasteiger partial charge is 0.354 e. The number of anilines is 3. The standard InChI is InChI=1S/C35H52N8/c1-5-27-13-9-10-14-29(23-27)26-37-32-39-33(41-34(40-32)43-21-19-42(4)20-22-43)38-30-15-16-31(36-25-28(6-2)24-30)35(3)17-11-7-8-12-18-35/h1,7,9-11,13,28-30H,6,8,12,14-26H2,2-4H3,(H2,37,38,39,40,41). The minimum absolute atomic E-state index is 0.174. The smallest absolute Gasteiger partial charge is 0.232 e. The summed E-state index contributed by atoms with van der Waals surface area (Å²) in [7, 11) is 2.17. The molecule has 0 bridgehead atoms. The molecule has 2 aliphatic heterocycles. The first kappa shape index (κ1) is 31.3. The van der Waals surface area contributed by atoms with Crippen molar-refractivity contribution >= 4 is 23.6 Å². The van der Waals surface area contributed by atoms with Gasteiger partial charge < -0.3 is 20.4 Å². The molecule has 4 atom stereocenters. The third-order valence-electron chi connectivity index (χ3n) is 9.88. The molecular formula is C35H52N8. The Morgan fingerprint density at radius 2 is 1.91 bits per heavy atom. The third-order valence-corrected chi connectivity index (χ3v) is 9.88. The summed E-state index contributed by atoms with van der Waals surface area (Å²) < 4.78 is 0. The van der Waals surface area contributed by atoms with Gasteiger partial charge in [0.25, 0.3) is 0 Å². The highest BCUT2D eigenvalue weighted by atomic mass is 15.4. The first-order valence-corrected chi connectivity index (χ1v) is 16.6. The number of piperazine rings is 1. The number of rotatable bonds is 8. The van der Waals surface area contributed by atoms with E-state index < -0.39 is 0 Å². The molecule has 0 saturated carbocycles. The summed E-state index contributed by atoms with van der Waals surface area (Å²) >= 11 is 0. The average Bonchev–Trinajstić information content (AvgIpc) is 3.38. The molecule has 4 unspecified atom stereocenters. The molecular weight excluding hydrogens is 532 g/mol. The van der Waals surface area contributed by atoms with E-state index in [9.17, 15) is 0 Å². The van der Waals surface area contributed by atoms with Crippen LogP contribution in [-0.2, 0) is 0 Å². The molecule has 4 aliphatic rings. The van der Waals surface area contributed by atoms with Crippen LogP contribution < -0.4 is 15.5 Å². The summed E-state index contributed by atoms with van der Waals surface area (Å²) in [5.41, 5.74) is 2.63. The van der Waals surface area contributed by atoms with Gasteiger partial charge in [-0.25, -0.2) is 0 Å². The lowest BCUT2D eigenvalue weighted by atomic mass is 9.75. The molecule has 1 aromatic heterocycles. The molecule has 1 aromatic rings. The molecule has 0 spiro atoms. The van der Waals surface area contributed by atoms with E-state index in [0.717, 1.165) is 95.7 Å². The minimum atomic E-state index is 0.174. The van der Waals surface area contributed by atoms with Crippen molar-refractivity contribution in [3.05, 3.63) is 36.0 Å². The highest BCUT2D eigenvalue weighted by Crippen LogP contribution is 2.37. The van der Waals surface area contributed by atoms with Crippen LogP contribution in [0.4, 0.5) is 17.8 Å². The first-order valence-electron chi connectivity index (χ1n) is 16.6. The van der Waals surface area contributed by atoms with Crippen molar-refractivity contribution in [2.75, 3.05) is 61.8 Å². The van der Waals surface area contributed by atoms with E-state index in [-0.39, 0.29) is 5.41 Å². The third kappa shape index (κ3) is 8.69. The number of aromatic nitrogens is 3. The van der Waals surface area contributed by atoms with Crippen LogP contribution in [0.25, 0.3) is 0 Å². The fraction of sp³-hybridized carbons (Fsp3) is 0.657. The van der Waals surface area contributed by atoms with Gasteiger partial charge in [-0.15, -0.1) is 6.42 Å². The fourth-order valence-corrected chi connectivity index (χ4v) is 6.83. The van der Waals surface area contributed by atoms with E-state index in [2.05, 4.69) is 77.6 Å². The molecule has 3 heterocycles. The van der Waals surface area contributed by atoms with Gasteiger partial charge in [-0.3, -0.25) is 4.99 Å². The second-order valence-electron chi connectivity index (χ2n) is 13.3. The lowest BCUT2D eigenvalue weighted by molar-refractivity contribution is 0.311. The number of terminal acetylenes is 1. The van der Waals surface area contributed by atoms with Gasteiger partial charge in [0.15, 0.2) is 0 Å². The summed E-state index contributed by atoms with van der Waals surface area (Å²) in [4.78, 5) is 24.8. The summed E-state index contributed by atoms with van der Waals surface area (Å²) in [5.74, 6) is 5.87. The zero-order chi connectivity index (χ0) is 30.1. The van der Waals surface area contributed by atoms with Gasteiger partial charge in [0, 0.05) is 62.0 Å². The van der Waals surface area contributed by atoms with Crippen molar-refractivity contribution in [3.8, 4) is 12.3 Å². The molecule has 0 amide bonds. The summed E-state index contributed by atoms with van der Waals surface area (Å²) in [5, 5.41) is 7.36. The van der Waals surface area contributed by atoms with Crippen molar-refractivity contribution in [1.82, 2.24) is 19.9 Å². The number of hydrogen-bond acceptors (Lipinski definition) is 8. The Hall–Kier alpha value is -3.18. The number of likely N-dealkylation sites (N-methyl/N-ethyl adjacent to an activating group) is 1. The Morgan fingerprint density at radius 1 is 1.07 bits per heavy atom. The van der Waals surface area contributed by atoms with Gasteiger partial charge in [-0.05, 0) is 76.7 Å². The van der Waals surface area contributed by atoms with E-state index >= 15 is 0 Å². The molecule has 0 radical (unpaired) electrons. The monoisotopic (exact) mass is 584 g/mol. The van der Waals surface area contributed by atoms with Gasteiger partial charge in [-0.1, -0.05) is 56.6 Å². The van der Waals surface area contributed by atoms with Crippen molar-refractivity contribution in [2.45, 2.75) is 84.1 Å². The van der Waals surface area contributed by atoms with Crippen molar-refractivity contribution in [2.24, 2.45) is 22.2 Å². The van der Waals surface area contributed by atoms with Gasteiger partial charge in [-0.2, -0.15) is 15.0 Å². The second-order valence-corrected chi connectivity index (χ2v) is 13.3. The highest BCUT2D eigenvalue weighted by Gasteiger charge is 2.32. The molecule has 8 nitrogen and oxygen atoms in total. The van der Waals surface area contributed by atoms with Crippen molar-refractivity contribution in [3.63, 3.8) is 0 Å². The fourth-order valence-electron chi connectivity index (χ4n) is 6.83. The van der Waals surface area contributed by atoms with Gasteiger partial charge >= 0.3 is 0 Å². The lowest BCUT2D eigenvalue weighted by Crippen LogP contribution is -2.45. The topological polar surface area (TPSA) is 81.6 Å².